The second-order valence-corrected chi connectivity index (χ2v) is 5.60. The van der Waals surface area contributed by atoms with Crippen LogP contribution in [0.25, 0.3) is 0 Å². The van der Waals surface area contributed by atoms with Crippen LogP contribution < -0.4 is 5.32 Å². The quantitative estimate of drug-likeness (QED) is 0.805. The number of nitrogens with zero attached hydrogens (tertiary/aromatic N) is 1. The topological polar surface area (TPSA) is 52.6 Å². The molecule has 0 heterocycles. The van der Waals surface area contributed by atoms with Gasteiger partial charge in [-0.3, -0.25) is 0 Å². The number of likely N-dealkylation sites (N-methyl/N-ethyl adjacent to an activating group) is 1. The van der Waals surface area contributed by atoms with Gasteiger partial charge in [-0.15, -0.1) is 0 Å². The van der Waals surface area contributed by atoms with Crippen LogP contribution in [-0.4, -0.2) is 42.7 Å². The van der Waals surface area contributed by atoms with E-state index in [1.807, 2.05) is 14.1 Å². The molecule has 1 aromatic rings. The minimum Gasteiger partial charge on any atom is -0.478 e. The van der Waals surface area contributed by atoms with Gasteiger partial charge in [-0.1, -0.05) is 13.8 Å². The van der Waals surface area contributed by atoms with E-state index in [1.54, 1.807) is 0 Å². The molecule has 0 aliphatic rings. The predicted molar refractivity (Wildman–Crippen MR) is 77.4 cm³/mol. The molecular weight excluding hydrogens is 259 g/mol. The highest BCUT2D eigenvalue weighted by molar-refractivity contribution is 5.87. The minimum absolute atomic E-state index is 0.108. The minimum atomic E-state index is -1.04. The zero-order valence-electron chi connectivity index (χ0n) is 12.5. The summed E-state index contributed by atoms with van der Waals surface area (Å²) in [6.07, 6.45) is 0. The van der Waals surface area contributed by atoms with E-state index in [-0.39, 0.29) is 17.4 Å². The summed E-state index contributed by atoms with van der Waals surface area (Å²) in [5, 5.41) is 12.2. The summed E-state index contributed by atoms with van der Waals surface area (Å²) in [7, 11) is 3.98. The molecule has 0 aromatic heterocycles. The van der Waals surface area contributed by atoms with Crippen LogP contribution in [0, 0.1) is 11.7 Å². The van der Waals surface area contributed by atoms with Gasteiger partial charge in [-0.2, -0.15) is 0 Å². The molecule has 0 spiro atoms. The number of carboxylic acids is 1. The van der Waals surface area contributed by atoms with Gasteiger partial charge in [0.25, 0.3) is 0 Å². The van der Waals surface area contributed by atoms with Crippen LogP contribution in [0.1, 0.15) is 29.8 Å². The number of benzene rings is 1. The first-order valence-corrected chi connectivity index (χ1v) is 6.71. The van der Waals surface area contributed by atoms with Crippen molar-refractivity contribution in [1.82, 2.24) is 10.2 Å². The van der Waals surface area contributed by atoms with Gasteiger partial charge >= 0.3 is 5.97 Å². The van der Waals surface area contributed by atoms with Gasteiger partial charge in [0.2, 0.25) is 0 Å². The molecule has 2 N–H and O–H groups in total. The number of rotatable bonds is 7. The highest BCUT2D eigenvalue weighted by Gasteiger charge is 2.15. The SMILES string of the molecule is CC(C)C(CN(C)C)NCc1cc(C(=O)O)ccc1F. The summed E-state index contributed by atoms with van der Waals surface area (Å²) in [6.45, 7) is 5.37. The zero-order valence-corrected chi connectivity index (χ0v) is 12.5. The van der Waals surface area contributed by atoms with Crippen LogP contribution in [-0.2, 0) is 6.54 Å². The summed E-state index contributed by atoms with van der Waals surface area (Å²) in [5.74, 6) is -1.02. The molecule has 1 aromatic carbocycles. The molecule has 20 heavy (non-hydrogen) atoms. The number of aromatic carboxylic acids is 1. The molecule has 1 rings (SSSR count). The van der Waals surface area contributed by atoms with Crippen molar-refractivity contribution in [3.8, 4) is 0 Å². The fraction of sp³-hybridized carbons (Fsp3) is 0.533. The Balaban J connectivity index is 2.76. The second kappa shape index (κ2) is 7.36. The Morgan fingerprint density at radius 1 is 1.40 bits per heavy atom. The standard InChI is InChI=1S/C15H23FN2O2/c1-10(2)14(9-18(3)4)17-8-12-7-11(15(19)20)5-6-13(12)16/h5-7,10,14,17H,8-9H2,1-4H3,(H,19,20). The molecule has 0 saturated heterocycles. The second-order valence-electron chi connectivity index (χ2n) is 5.60. The van der Waals surface area contributed by atoms with Gasteiger partial charge < -0.3 is 15.3 Å². The van der Waals surface area contributed by atoms with Crippen molar-refractivity contribution in [2.45, 2.75) is 26.4 Å². The molecule has 1 atom stereocenters. The molecule has 1 unspecified atom stereocenters. The Labute approximate surface area is 119 Å². The monoisotopic (exact) mass is 282 g/mol. The molecule has 0 saturated carbocycles. The summed E-state index contributed by atoms with van der Waals surface area (Å²) in [6, 6.07) is 4.09. The van der Waals surface area contributed by atoms with Crippen molar-refractivity contribution in [2.24, 2.45) is 5.92 Å². The highest BCUT2D eigenvalue weighted by atomic mass is 19.1. The first-order chi connectivity index (χ1) is 9.31. The maximum absolute atomic E-state index is 13.7. The first kappa shape index (κ1) is 16.6. The first-order valence-electron chi connectivity index (χ1n) is 6.71. The van der Waals surface area contributed by atoms with Crippen LogP contribution >= 0.6 is 0 Å². The lowest BCUT2D eigenvalue weighted by Gasteiger charge is -2.26. The molecular formula is C15H23FN2O2. The van der Waals surface area contributed by atoms with Crippen LogP contribution in [0.4, 0.5) is 4.39 Å². The Kier molecular flexibility index (Phi) is 6.10. The van der Waals surface area contributed by atoms with E-state index < -0.39 is 5.97 Å². The normalized spacial score (nSPS) is 12.9. The van der Waals surface area contributed by atoms with Crippen LogP contribution in [0.5, 0.6) is 0 Å². The molecule has 4 nitrogen and oxygen atoms in total. The fourth-order valence-corrected chi connectivity index (χ4v) is 1.99. The molecule has 0 fully saturated rings. The van der Waals surface area contributed by atoms with E-state index >= 15 is 0 Å². The molecule has 0 radical (unpaired) electrons. The summed E-state index contributed by atoms with van der Waals surface area (Å²) in [4.78, 5) is 13.0. The van der Waals surface area contributed by atoms with Crippen molar-refractivity contribution in [2.75, 3.05) is 20.6 Å². The Morgan fingerprint density at radius 2 is 2.05 bits per heavy atom. The van der Waals surface area contributed by atoms with Crippen LogP contribution in [0.3, 0.4) is 0 Å². The molecule has 0 bridgehead atoms. The Morgan fingerprint density at radius 3 is 2.55 bits per heavy atom. The number of carbonyl (C=O) groups is 1. The lowest BCUT2D eigenvalue weighted by atomic mass is 10.0. The van der Waals surface area contributed by atoms with E-state index in [1.165, 1.54) is 18.2 Å². The smallest absolute Gasteiger partial charge is 0.335 e. The third-order valence-corrected chi connectivity index (χ3v) is 3.21. The van der Waals surface area contributed by atoms with Crippen LogP contribution in [0.15, 0.2) is 18.2 Å². The number of halogens is 1. The molecule has 5 heteroatoms. The van der Waals surface area contributed by atoms with E-state index in [2.05, 4.69) is 24.1 Å². The van der Waals surface area contributed by atoms with Crippen LogP contribution in [0.2, 0.25) is 0 Å². The number of nitrogens with one attached hydrogen (secondary N) is 1. The number of hydrogen-bond acceptors (Lipinski definition) is 3. The summed E-state index contributed by atoms with van der Waals surface area (Å²) < 4.78 is 13.7. The molecule has 0 aliphatic heterocycles. The maximum Gasteiger partial charge on any atom is 0.335 e. The predicted octanol–water partition coefficient (Wildman–Crippen LogP) is 2.20. The zero-order chi connectivity index (χ0) is 15.3. The fourth-order valence-electron chi connectivity index (χ4n) is 1.99. The highest BCUT2D eigenvalue weighted by Crippen LogP contribution is 2.12. The molecule has 0 amide bonds. The van der Waals surface area contributed by atoms with E-state index in [4.69, 9.17) is 5.11 Å². The van der Waals surface area contributed by atoms with Crippen molar-refractivity contribution in [3.05, 3.63) is 35.1 Å². The molecule has 0 aliphatic carbocycles. The maximum atomic E-state index is 13.7. The van der Waals surface area contributed by atoms with Gasteiger partial charge in [-0.05, 0) is 38.2 Å². The van der Waals surface area contributed by atoms with E-state index in [0.717, 1.165) is 6.54 Å². The number of carboxylic acid groups (broad SMARTS) is 1. The summed E-state index contributed by atoms with van der Waals surface area (Å²) >= 11 is 0. The van der Waals surface area contributed by atoms with Gasteiger partial charge in [0.15, 0.2) is 0 Å². The van der Waals surface area contributed by atoms with Gasteiger partial charge in [0, 0.05) is 24.7 Å². The van der Waals surface area contributed by atoms with Crippen molar-refractivity contribution in [3.63, 3.8) is 0 Å². The van der Waals surface area contributed by atoms with Crippen molar-refractivity contribution in [1.29, 1.82) is 0 Å². The lowest BCUT2D eigenvalue weighted by Crippen LogP contribution is -2.41. The van der Waals surface area contributed by atoms with Crippen molar-refractivity contribution < 1.29 is 14.3 Å². The van der Waals surface area contributed by atoms with Crippen molar-refractivity contribution >= 4 is 5.97 Å². The van der Waals surface area contributed by atoms with E-state index in [9.17, 15) is 9.18 Å². The van der Waals surface area contributed by atoms with Gasteiger partial charge in [0.05, 0.1) is 5.56 Å². The number of hydrogen-bond donors (Lipinski definition) is 2. The summed E-state index contributed by atoms with van der Waals surface area (Å²) in [5.41, 5.74) is 0.492. The third kappa shape index (κ3) is 4.90. The Bertz CT molecular complexity index is 461. The third-order valence-electron chi connectivity index (χ3n) is 3.21. The average molecular weight is 282 g/mol. The lowest BCUT2D eigenvalue weighted by molar-refractivity contribution is 0.0696. The molecule has 112 valence electrons. The van der Waals surface area contributed by atoms with Gasteiger partial charge in [0.1, 0.15) is 5.82 Å². The largest absolute Gasteiger partial charge is 0.478 e. The van der Waals surface area contributed by atoms with Gasteiger partial charge in [-0.25, -0.2) is 9.18 Å². The van der Waals surface area contributed by atoms with E-state index in [0.29, 0.717) is 18.0 Å². The average Bonchev–Trinajstić information content (AvgIpc) is 2.35. The Hall–Kier alpha value is -1.46.